The van der Waals surface area contributed by atoms with Gasteiger partial charge < -0.3 is 0 Å². The predicted molar refractivity (Wildman–Crippen MR) is 57.5 cm³/mol. The smallest absolute Gasteiger partial charge is 0.0991 e. The fraction of sp³-hybridized carbons (Fsp3) is 0.273. The van der Waals surface area contributed by atoms with Gasteiger partial charge in [0.2, 0.25) is 0 Å². The minimum atomic E-state index is -0.578. The van der Waals surface area contributed by atoms with Crippen LogP contribution in [-0.2, 0) is 5.41 Å². The summed E-state index contributed by atoms with van der Waals surface area (Å²) in [4.78, 5) is 0. The molecule has 0 heterocycles. The fourth-order valence-corrected chi connectivity index (χ4v) is 1.88. The Morgan fingerprint density at radius 1 is 1.29 bits per heavy atom. The minimum absolute atomic E-state index is 0.575. The molecule has 70 valence electrons. The number of benzene rings is 1. The topological polar surface area (TPSA) is 47.6 Å². The Balaban J connectivity index is 3.36. The summed E-state index contributed by atoms with van der Waals surface area (Å²) in [6.45, 7) is 3.66. The summed E-state index contributed by atoms with van der Waals surface area (Å²) in [7, 11) is 0. The van der Waals surface area contributed by atoms with Gasteiger partial charge in [0, 0.05) is 4.47 Å². The Kier molecular flexibility index (Phi) is 2.93. The third-order valence-electron chi connectivity index (χ3n) is 2.05. The quantitative estimate of drug-likeness (QED) is 0.767. The second-order valence-corrected chi connectivity index (χ2v) is 4.40. The first-order chi connectivity index (χ1) is 6.51. The largest absolute Gasteiger partial charge is 0.197 e. The second kappa shape index (κ2) is 3.82. The second-order valence-electron chi connectivity index (χ2n) is 3.54. The summed E-state index contributed by atoms with van der Waals surface area (Å²) in [6, 6.07) is 9.54. The van der Waals surface area contributed by atoms with E-state index in [9.17, 15) is 0 Å². The highest BCUT2D eigenvalue weighted by molar-refractivity contribution is 9.10. The molecule has 0 fully saturated rings. The highest BCUT2D eigenvalue weighted by Gasteiger charge is 2.22. The lowest BCUT2D eigenvalue weighted by atomic mass is 9.86. The van der Waals surface area contributed by atoms with Crippen molar-refractivity contribution in [1.29, 1.82) is 10.5 Å². The maximum atomic E-state index is 8.98. The van der Waals surface area contributed by atoms with Gasteiger partial charge in [-0.2, -0.15) is 10.5 Å². The van der Waals surface area contributed by atoms with Gasteiger partial charge in [0.25, 0.3) is 0 Å². The molecule has 0 unspecified atom stereocenters. The molecule has 0 N–H and O–H groups in total. The Morgan fingerprint density at radius 2 is 1.93 bits per heavy atom. The van der Waals surface area contributed by atoms with Crippen LogP contribution in [-0.4, -0.2) is 0 Å². The molecule has 1 aromatic carbocycles. The Hall–Kier alpha value is -1.32. The summed E-state index contributed by atoms with van der Waals surface area (Å²) in [5.41, 5.74) is 0.844. The number of halogens is 1. The fourth-order valence-electron chi connectivity index (χ4n) is 1.13. The highest BCUT2D eigenvalue weighted by Crippen LogP contribution is 2.30. The molecule has 0 amide bonds. The van der Waals surface area contributed by atoms with E-state index in [1.807, 2.05) is 13.8 Å². The van der Waals surface area contributed by atoms with Crippen LogP contribution in [0.2, 0.25) is 0 Å². The first-order valence-corrected chi connectivity index (χ1v) is 4.92. The Morgan fingerprint density at radius 3 is 2.43 bits per heavy atom. The molecule has 0 aromatic heterocycles. The molecule has 2 nitrogen and oxygen atoms in total. The summed E-state index contributed by atoms with van der Waals surface area (Å²) < 4.78 is 0.864. The summed E-state index contributed by atoms with van der Waals surface area (Å²) in [5.74, 6) is 0. The van der Waals surface area contributed by atoms with Crippen LogP contribution in [0.3, 0.4) is 0 Å². The third-order valence-corrected chi connectivity index (χ3v) is 2.74. The van der Waals surface area contributed by atoms with Crippen molar-refractivity contribution in [3.63, 3.8) is 0 Å². The minimum Gasteiger partial charge on any atom is -0.197 e. The molecule has 0 aliphatic heterocycles. The van der Waals surface area contributed by atoms with Crippen LogP contribution in [0.15, 0.2) is 22.7 Å². The monoisotopic (exact) mass is 248 g/mol. The van der Waals surface area contributed by atoms with E-state index in [4.69, 9.17) is 10.5 Å². The predicted octanol–water partition coefficient (Wildman–Crippen LogP) is 3.12. The van der Waals surface area contributed by atoms with Crippen LogP contribution < -0.4 is 0 Å². The maximum absolute atomic E-state index is 8.98. The van der Waals surface area contributed by atoms with E-state index in [0.29, 0.717) is 5.56 Å². The van der Waals surface area contributed by atoms with Crippen LogP contribution in [0.25, 0.3) is 0 Å². The van der Waals surface area contributed by atoms with E-state index < -0.39 is 5.41 Å². The van der Waals surface area contributed by atoms with Crippen molar-refractivity contribution in [1.82, 2.24) is 0 Å². The first-order valence-electron chi connectivity index (χ1n) is 4.12. The molecule has 3 heteroatoms. The maximum Gasteiger partial charge on any atom is 0.0991 e. The standard InChI is InChI=1S/C11H9BrN2/c1-11(2,7-14)9-5-8(6-13)3-4-10(9)12/h3-5H,1-2H3. The first kappa shape index (κ1) is 10.8. The lowest BCUT2D eigenvalue weighted by Crippen LogP contribution is -2.14. The van der Waals surface area contributed by atoms with Gasteiger partial charge in [0.1, 0.15) is 0 Å². The van der Waals surface area contributed by atoms with E-state index >= 15 is 0 Å². The van der Waals surface area contributed by atoms with Crippen LogP contribution >= 0.6 is 15.9 Å². The molecule has 0 bridgehead atoms. The number of nitriles is 2. The van der Waals surface area contributed by atoms with Gasteiger partial charge >= 0.3 is 0 Å². The lowest BCUT2D eigenvalue weighted by molar-refractivity contribution is 0.683. The van der Waals surface area contributed by atoms with Crippen molar-refractivity contribution in [2.45, 2.75) is 19.3 Å². The van der Waals surface area contributed by atoms with Crippen LogP contribution in [0.4, 0.5) is 0 Å². The van der Waals surface area contributed by atoms with Gasteiger partial charge in [0.05, 0.1) is 23.1 Å². The molecular formula is C11H9BrN2. The number of hydrogen-bond acceptors (Lipinski definition) is 2. The van der Waals surface area contributed by atoms with Gasteiger partial charge in [-0.05, 0) is 37.6 Å². The van der Waals surface area contributed by atoms with Gasteiger partial charge in [-0.25, -0.2) is 0 Å². The van der Waals surface area contributed by atoms with Crippen molar-refractivity contribution >= 4 is 15.9 Å². The van der Waals surface area contributed by atoms with E-state index in [1.54, 1.807) is 18.2 Å². The average molecular weight is 249 g/mol. The molecular weight excluding hydrogens is 240 g/mol. The molecule has 0 aliphatic carbocycles. The van der Waals surface area contributed by atoms with Crippen molar-refractivity contribution in [2.24, 2.45) is 0 Å². The average Bonchev–Trinajstić information content (AvgIpc) is 2.18. The SMILES string of the molecule is CC(C)(C#N)c1cc(C#N)ccc1Br. The van der Waals surface area contributed by atoms with E-state index in [2.05, 4.69) is 28.1 Å². The van der Waals surface area contributed by atoms with E-state index in [0.717, 1.165) is 10.0 Å². The lowest BCUT2D eigenvalue weighted by Gasteiger charge is -2.17. The molecule has 14 heavy (non-hydrogen) atoms. The molecule has 0 radical (unpaired) electrons. The van der Waals surface area contributed by atoms with Gasteiger partial charge in [-0.3, -0.25) is 0 Å². The zero-order valence-corrected chi connectivity index (χ0v) is 9.59. The third kappa shape index (κ3) is 1.95. The van der Waals surface area contributed by atoms with Crippen molar-refractivity contribution in [3.8, 4) is 12.1 Å². The van der Waals surface area contributed by atoms with Crippen molar-refractivity contribution < 1.29 is 0 Å². The van der Waals surface area contributed by atoms with E-state index in [1.165, 1.54) is 0 Å². The molecule has 0 saturated heterocycles. The molecule has 0 aliphatic rings. The molecule has 0 atom stereocenters. The zero-order chi connectivity index (χ0) is 10.8. The van der Waals surface area contributed by atoms with Crippen LogP contribution in [0, 0.1) is 22.7 Å². The highest BCUT2D eigenvalue weighted by atomic mass is 79.9. The van der Waals surface area contributed by atoms with Crippen LogP contribution in [0.5, 0.6) is 0 Å². The van der Waals surface area contributed by atoms with Crippen molar-refractivity contribution in [3.05, 3.63) is 33.8 Å². The number of nitrogens with zero attached hydrogens (tertiary/aromatic N) is 2. The molecule has 0 saturated carbocycles. The Bertz CT molecular complexity index is 436. The van der Waals surface area contributed by atoms with Crippen molar-refractivity contribution in [2.75, 3.05) is 0 Å². The van der Waals surface area contributed by atoms with Gasteiger partial charge in [0.15, 0.2) is 0 Å². The normalized spacial score (nSPS) is 10.4. The van der Waals surface area contributed by atoms with E-state index in [-0.39, 0.29) is 0 Å². The summed E-state index contributed by atoms with van der Waals surface area (Å²) >= 11 is 3.38. The summed E-state index contributed by atoms with van der Waals surface area (Å²) in [6.07, 6.45) is 0. The van der Waals surface area contributed by atoms with Gasteiger partial charge in [-0.1, -0.05) is 15.9 Å². The summed E-state index contributed by atoms with van der Waals surface area (Å²) in [5, 5.41) is 17.7. The Labute approximate surface area is 91.9 Å². The molecule has 0 spiro atoms. The number of rotatable bonds is 1. The zero-order valence-electron chi connectivity index (χ0n) is 8.00. The van der Waals surface area contributed by atoms with Crippen LogP contribution in [0.1, 0.15) is 25.0 Å². The number of hydrogen-bond donors (Lipinski definition) is 0. The molecule has 1 rings (SSSR count). The van der Waals surface area contributed by atoms with Gasteiger partial charge in [-0.15, -0.1) is 0 Å². The molecule has 1 aromatic rings.